The standard InChI is InChI=1S/C6H12OS/c1-6(5-7-6)3-4-8-2/h3-5H2,1-2H3. The fourth-order valence-corrected chi connectivity index (χ4v) is 1.22. The zero-order valence-corrected chi connectivity index (χ0v) is 6.25. The minimum absolute atomic E-state index is 0.281. The van der Waals surface area contributed by atoms with E-state index in [0.717, 1.165) is 6.61 Å². The van der Waals surface area contributed by atoms with E-state index in [1.807, 2.05) is 11.8 Å². The largest absolute Gasteiger partial charge is 0.370 e. The van der Waals surface area contributed by atoms with Crippen LogP contribution in [0.3, 0.4) is 0 Å². The van der Waals surface area contributed by atoms with Crippen molar-refractivity contribution in [1.82, 2.24) is 0 Å². The minimum atomic E-state index is 0.281. The summed E-state index contributed by atoms with van der Waals surface area (Å²) >= 11 is 1.89. The van der Waals surface area contributed by atoms with E-state index in [2.05, 4.69) is 13.2 Å². The highest BCUT2D eigenvalue weighted by Gasteiger charge is 2.37. The molecular weight excluding hydrogens is 120 g/mol. The first-order valence-electron chi connectivity index (χ1n) is 2.90. The molecule has 0 aliphatic carbocycles. The Labute approximate surface area is 54.8 Å². The molecule has 1 aliphatic heterocycles. The monoisotopic (exact) mass is 132 g/mol. The minimum Gasteiger partial charge on any atom is -0.370 e. The predicted molar refractivity (Wildman–Crippen MR) is 37.4 cm³/mol. The van der Waals surface area contributed by atoms with Crippen LogP contribution in [-0.2, 0) is 4.74 Å². The van der Waals surface area contributed by atoms with Crippen molar-refractivity contribution < 1.29 is 4.74 Å². The van der Waals surface area contributed by atoms with Crippen molar-refractivity contribution in [3.8, 4) is 0 Å². The van der Waals surface area contributed by atoms with E-state index in [4.69, 9.17) is 4.74 Å². The average molecular weight is 132 g/mol. The smallest absolute Gasteiger partial charge is 0.0896 e. The normalized spacial score (nSPS) is 35.2. The number of epoxide rings is 1. The van der Waals surface area contributed by atoms with Gasteiger partial charge in [0.25, 0.3) is 0 Å². The van der Waals surface area contributed by atoms with Gasteiger partial charge in [-0.15, -0.1) is 0 Å². The van der Waals surface area contributed by atoms with E-state index in [1.165, 1.54) is 12.2 Å². The van der Waals surface area contributed by atoms with Crippen molar-refractivity contribution in [3.05, 3.63) is 0 Å². The Balaban J connectivity index is 2.01. The first-order valence-corrected chi connectivity index (χ1v) is 4.29. The van der Waals surface area contributed by atoms with Crippen molar-refractivity contribution in [2.45, 2.75) is 18.9 Å². The highest BCUT2D eigenvalue weighted by atomic mass is 32.2. The molecule has 0 aromatic rings. The quantitative estimate of drug-likeness (QED) is 0.540. The number of hydrogen-bond donors (Lipinski definition) is 0. The van der Waals surface area contributed by atoms with Crippen LogP contribution in [0.4, 0.5) is 0 Å². The van der Waals surface area contributed by atoms with Gasteiger partial charge in [-0.1, -0.05) is 0 Å². The van der Waals surface area contributed by atoms with Crippen LogP contribution in [0.2, 0.25) is 0 Å². The molecule has 1 atom stereocenters. The molecule has 1 heterocycles. The fraction of sp³-hybridized carbons (Fsp3) is 1.00. The average Bonchev–Trinajstić information content (AvgIpc) is 2.45. The van der Waals surface area contributed by atoms with Gasteiger partial charge in [-0.25, -0.2) is 0 Å². The molecule has 2 heteroatoms. The molecule has 48 valence electrons. The van der Waals surface area contributed by atoms with Crippen molar-refractivity contribution >= 4 is 11.8 Å². The molecule has 1 rings (SSSR count). The second-order valence-electron chi connectivity index (χ2n) is 2.48. The van der Waals surface area contributed by atoms with Crippen LogP contribution < -0.4 is 0 Å². The molecule has 8 heavy (non-hydrogen) atoms. The Morgan fingerprint density at radius 3 is 2.75 bits per heavy atom. The van der Waals surface area contributed by atoms with Crippen LogP contribution in [0.25, 0.3) is 0 Å². The Hall–Kier alpha value is 0.310. The second kappa shape index (κ2) is 2.28. The summed E-state index contributed by atoms with van der Waals surface area (Å²) in [4.78, 5) is 0. The Bertz CT molecular complexity index is 78.6. The summed E-state index contributed by atoms with van der Waals surface area (Å²) in [6.07, 6.45) is 3.35. The van der Waals surface area contributed by atoms with Gasteiger partial charge in [0.2, 0.25) is 0 Å². The third-order valence-corrected chi connectivity index (χ3v) is 2.08. The number of ether oxygens (including phenoxy) is 1. The first kappa shape index (κ1) is 6.43. The summed E-state index contributed by atoms with van der Waals surface area (Å²) in [7, 11) is 0. The van der Waals surface area contributed by atoms with Gasteiger partial charge < -0.3 is 4.74 Å². The van der Waals surface area contributed by atoms with E-state index in [1.54, 1.807) is 0 Å². The summed E-state index contributed by atoms with van der Waals surface area (Å²) in [6.45, 7) is 3.15. The Morgan fingerprint density at radius 2 is 2.38 bits per heavy atom. The summed E-state index contributed by atoms with van der Waals surface area (Å²) in [5.74, 6) is 1.23. The molecule has 0 aromatic carbocycles. The van der Waals surface area contributed by atoms with Gasteiger partial charge >= 0.3 is 0 Å². The van der Waals surface area contributed by atoms with Gasteiger partial charge in [-0.3, -0.25) is 0 Å². The van der Waals surface area contributed by atoms with Crippen LogP contribution in [0.1, 0.15) is 13.3 Å². The summed E-state index contributed by atoms with van der Waals surface area (Å²) in [5, 5.41) is 0. The molecule has 1 fully saturated rings. The lowest BCUT2D eigenvalue weighted by Gasteiger charge is -1.99. The zero-order chi connectivity index (χ0) is 6.04. The Morgan fingerprint density at radius 1 is 1.75 bits per heavy atom. The van der Waals surface area contributed by atoms with Crippen molar-refractivity contribution in [2.75, 3.05) is 18.6 Å². The van der Waals surface area contributed by atoms with Gasteiger partial charge in [-0.05, 0) is 25.4 Å². The van der Waals surface area contributed by atoms with E-state index in [-0.39, 0.29) is 5.60 Å². The molecule has 0 aromatic heterocycles. The van der Waals surface area contributed by atoms with Crippen LogP contribution >= 0.6 is 11.8 Å². The maximum absolute atomic E-state index is 5.18. The van der Waals surface area contributed by atoms with Gasteiger partial charge in [0, 0.05) is 0 Å². The molecule has 1 nitrogen and oxygen atoms in total. The molecule has 0 amide bonds. The molecule has 0 saturated carbocycles. The van der Waals surface area contributed by atoms with E-state index in [0.29, 0.717) is 0 Å². The molecule has 1 aliphatic rings. The molecule has 1 unspecified atom stereocenters. The molecule has 0 N–H and O–H groups in total. The van der Waals surface area contributed by atoms with Crippen molar-refractivity contribution in [3.63, 3.8) is 0 Å². The van der Waals surface area contributed by atoms with Crippen LogP contribution in [0, 0.1) is 0 Å². The predicted octanol–water partition coefficient (Wildman–Crippen LogP) is 1.53. The van der Waals surface area contributed by atoms with Gasteiger partial charge in [0.1, 0.15) is 0 Å². The number of thioether (sulfide) groups is 1. The first-order chi connectivity index (χ1) is 3.77. The summed E-state index contributed by atoms with van der Waals surface area (Å²) < 4.78 is 5.18. The summed E-state index contributed by atoms with van der Waals surface area (Å²) in [5.41, 5.74) is 0.281. The van der Waals surface area contributed by atoms with E-state index in [9.17, 15) is 0 Å². The fourth-order valence-electron chi connectivity index (χ4n) is 0.585. The lowest BCUT2D eigenvalue weighted by molar-refractivity contribution is 0.318. The van der Waals surface area contributed by atoms with E-state index >= 15 is 0 Å². The SMILES string of the molecule is CSCCC1(C)CO1. The lowest BCUT2D eigenvalue weighted by Crippen LogP contribution is -2.04. The van der Waals surface area contributed by atoms with Crippen molar-refractivity contribution in [1.29, 1.82) is 0 Å². The third-order valence-electron chi connectivity index (χ3n) is 1.47. The van der Waals surface area contributed by atoms with Crippen LogP contribution in [0.15, 0.2) is 0 Å². The topological polar surface area (TPSA) is 12.5 Å². The molecule has 0 radical (unpaired) electrons. The van der Waals surface area contributed by atoms with Crippen LogP contribution in [0.5, 0.6) is 0 Å². The molecular formula is C6H12OS. The van der Waals surface area contributed by atoms with Crippen molar-refractivity contribution in [2.24, 2.45) is 0 Å². The molecule has 1 saturated heterocycles. The van der Waals surface area contributed by atoms with Gasteiger partial charge in [-0.2, -0.15) is 11.8 Å². The lowest BCUT2D eigenvalue weighted by atomic mass is 10.1. The maximum Gasteiger partial charge on any atom is 0.0896 e. The summed E-state index contributed by atoms with van der Waals surface area (Å²) in [6, 6.07) is 0. The van der Waals surface area contributed by atoms with E-state index < -0.39 is 0 Å². The van der Waals surface area contributed by atoms with Crippen LogP contribution in [-0.4, -0.2) is 24.2 Å². The number of hydrogen-bond acceptors (Lipinski definition) is 2. The van der Waals surface area contributed by atoms with Gasteiger partial charge in [0.05, 0.1) is 12.2 Å². The highest BCUT2D eigenvalue weighted by molar-refractivity contribution is 7.98. The third kappa shape index (κ3) is 1.67. The molecule has 0 bridgehead atoms. The van der Waals surface area contributed by atoms with Gasteiger partial charge in [0.15, 0.2) is 0 Å². The maximum atomic E-state index is 5.18. The Kier molecular flexibility index (Phi) is 1.83. The zero-order valence-electron chi connectivity index (χ0n) is 5.44. The highest BCUT2D eigenvalue weighted by Crippen LogP contribution is 2.30. The molecule has 0 spiro atoms. The second-order valence-corrected chi connectivity index (χ2v) is 3.47. The number of rotatable bonds is 3.